The van der Waals surface area contributed by atoms with Crippen molar-refractivity contribution in [2.45, 2.75) is 26.4 Å². The zero-order valence-electron chi connectivity index (χ0n) is 8.79. The van der Waals surface area contributed by atoms with Gasteiger partial charge in [0.15, 0.2) is 0 Å². The highest BCUT2D eigenvalue weighted by Gasteiger charge is 2.23. The minimum atomic E-state index is 0.724. The van der Waals surface area contributed by atoms with Crippen molar-refractivity contribution in [3.8, 4) is 0 Å². The largest absolute Gasteiger partial charge is 0.314 e. The van der Waals surface area contributed by atoms with Gasteiger partial charge in [0.1, 0.15) is 0 Å². The van der Waals surface area contributed by atoms with Crippen LogP contribution in [0.15, 0.2) is 5.38 Å². The Hall–Kier alpha value is -0.450. The molecule has 0 spiro atoms. The van der Waals surface area contributed by atoms with E-state index < -0.39 is 0 Å². The van der Waals surface area contributed by atoms with Gasteiger partial charge >= 0.3 is 0 Å². The van der Waals surface area contributed by atoms with Crippen molar-refractivity contribution >= 4 is 11.3 Å². The smallest absolute Gasteiger partial charge is 0.0897 e. The van der Waals surface area contributed by atoms with Crippen LogP contribution in [0, 0.1) is 6.92 Å². The SMILES string of the molecule is CCN(Cc1csc(C)n1)C1CNC1. The monoisotopic (exact) mass is 211 g/mol. The Morgan fingerprint density at radius 2 is 2.43 bits per heavy atom. The molecule has 1 saturated heterocycles. The second-order valence-electron chi connectivity index (χ2n) is 3.73. The third-order valence-corrected chi connectivity index (χ3v) is 3.54. The summed E-state index contributed by atoms with van der Waals surface area (Å²) in [6.45, 7) is 8.68. The van der Waals surface area contributed by atoms with E-state index in [0.29, 0.717) is 0 Å². The minimum absolute atomic E-state index is 0.724. The van der Waals surface area contributed by atoms with Crippen LogP contribution in [0.5, 0.6) is 0 Å². The van der Waals surface area contributed by atoms with Gasteiger partial charge in [0, 0.05) is 31.1 Å². The number of aryl methyl sites for hydroxylation is 1. The lowest BCUT2D eigenvalue weighted by molar-refractivity contribution is 0.144. The van der Waals surface area contributed by atoms with Gasteiger partial charge in [-0.1, -0.05) is 6.92 Å². The summed E-state index contributed by atoms with van der Waals surface area (Å²) in [5, 5.41) is 6.65. The van der Waals surface area contributed by atoms with Crippen LogP contribution >= 0.6 is 11.3 Å². The molecule has 1 aliphatic heterocycles. The third-order valence-electron chi connectivity index (χ3n) is 2.71. The molecule has 2 heterocycles. The van der Waals surface area contributed by atoms with E-state index in [2.05, 4.69) is 34.4 Å². The summed E-state index contributed by atoms with van der Waals surface area (Å²) in [5.41, 5.74) is 1.22. The van der Waals surface area contributed by atoms with Crippen LogP contribution in [-0.4, -0.2) is 35.6 Å². The predicted octanol–water partition coefficient (Wildman–Crippen LogP) is 1.25. The lowest BCUT2D eigenvalue weighted by Crippen LogP contribution is -2.56. The van der Waals surface area contributed by atoms with Crippen molar-refractivity contribution in [3.63, 3.8) is 0 Å². The van der Waals surface area contributed by atoms with Gasteiger partial charge in [-0.3, -0.25) is 4.90 Å². The summed E-state index contributed by atoms with van der Waals surface area (Å²) in [6, 6.07) is 0.724. The predicted molar refractivity (Wildman–Crippen MR) is 59.6 cm³/mol. The highest BCUT2D eigenvalue weighted by Crippen LogP contribution is 2.13. The maximum Gasteiger partial charge on any atom is 0.0897 e. The zero-order valence-corrected chi connectivity index (χ0v) is 9.60. The molecule has 1 fully saturated rings. The molecule has 1 N–H and O–H groups in total. The Balaban J connectivity index is 1.93. The molecule has 1 aromatic rings. The summed E-state index contributed by atoms with van der Waals surface area (Å²) < 4.78 is 0. The molecule has 2 rings (SSSR count). The minimum Gasteiger partial charge on any atom is -0.314 e. The molecule has 1 aliphatic rings. The van der Waals surface area contributed by atoms with Crippen LogP contribution in [-0.2, 0) is 6.54 Å². The highest BCUT2D eigenvalue weighted by molar-refractivity contribution is 7.09. The van der Waals surface area contributed by atoms with Crippen molar-refractivity contribution in [3.05, 3.63) is 16.1 Å². The summed E-state index contributed by atoms with van der Waals surface area (Å²) in [5.74, 6) is 0. The van der Waals surface area contributed by atoms with Crippen molar-refractivity contribution in [2.24, 2.45) is 0 Å². The van der Waals surface area contributed by atoms with Crippen LogP contribution in [0.25, 0.3) is 0 Å². The number of nitrogens with zero attached hydrogens (tertiary/aromatic N) is 2. The molecule has 0 bridgehead atoms. The van der Waals surface area contributed by atoms with Crippen molar-refractivity contribution in [1.29, 1.82) is 0 Å². The first-order valence-corrected chi connectivity index (χ1v) is 6.03. The molecule has 0 saturated carbocycles. The van der Waals surface area contributed by atoms with Gasteiger partial charge < -0.3 is 5.32 Å². The normalized spacial score (nSPS) is 17.4. The molecule has 1 aromatic heterocycles. The molecular weight excluding hydrogens is 194 g/mol. The highest BCUT2D eigenvalue weighted by atomic mass is 32.1. The number of nitrogens with one attached hydrogen (secondary N) is 1. The standard InChI is InChI=1S/C10H17N3S/c1-3-13(10-4-11-5-10)6-9-7-14-8(2)12-9/h7,10-11H,3-6H2,1-2H3. The number of hydrogen-bond acceptors (Lipinski definition) is 4. The fourth-order valence-corrected chi connectivity index (χ4v) is 2.32. The number of likely N-dealkylation sites (N-methyl/N-ethyl adjacent to an activating group) is 1. The maximum atomic E-state index is 4.50. The van der Waals surface area contributed by atoms with E-state index in [0.717, 1.165) is 32.2 Å². The number of thiazole rings is 1. The average molecular weight is 211 g/mol. The van der Waals surface area contributed by atoms with Gasteiger partial charge in [-0.25, -0.2) is 4.98 Å². The first-order valence-electron chi connectivity index (χ1n) is 5.15. The van der Waals surface area contributed by atoms with Crippen LogP contribution in [0.3, 0.4) is 0 Å². The topological polar surface area (TPSA) is 28.2 Å². The summed E-state index contributed by atoms with van der Waals surface area (Å²) >= 11 is 1.74. The van der Waals surface area contributed by atoms with Gasteiger partial charge in [0.05, 0.1) is 10.7 Å². The second kappa shape index (κ2) is 4.38. The van der Waals surface area contributed by atoms with E-state index in [1.54, 1.807) is 11.3 Å². The molecule has 0 aliphatic carbocycles. The van der Waals surface area contributed by atoms with Crippen LogP contribution in [0.4, 0.5) is 0 Å². The molecule has 0 radical (unpaired) electrons. The molecule has 3 nitrogen and oxygen atoms in total. The van der Waals surface area contributed by atoms with Gasteiger partial charge in [-0.2, -0.15) is 0 Å². The Kier molecular flexibility index (Phi) is 3.15. The molecule has 0 unspecified atom stereocenters. The molecule has 4 heteroatoms. The summed E-state index contributed by atoms with van der Waals surface area (Å²) in [4.78, 5) is 6.99. The van der Waals surface area contributed by atoms with Gasteiger partial charge in [-0.05, 0) is 13.5 Å². The van der Waals surface area contributed by atoms with E-state index in [-0.39, 0.29) is 0 Å². The Morgan fingerprint density at radius 3 is 2.86 bits per heavy atom. The lowest BCUT2D eigenvalue weighted by Gasteiger charge is -2.37. The number of aromatic nitrogens is 1. The molecular formula is C10H17N3S. The van der Waals surface area contributed by atoms with E-state index in [1.807, 2.05) is 0 Å². The van der Waals surface area contributed by atoms with E-state index >= 15 is 0 Å². The lowest BCUT2D eigenvalue weighted by atomic mass is 10.1. The maximum absolute atomic E-state index is 4.50. The fourth-order valence-electron chi connectivity index (χ4n) is 1.72. The third kappa shape index (κ3) is 2.13. The van der Waals surface area contributed by atoms with Crippen LogP contribution < -0.4 is 5.32 Å². The molecule has 0 amide bonds. The fraction of sp³-hybridized carbons (Fsp3) is 0.700. The Morgan fingerprint density at radius 1 is 1.64 bits per heavy atom. The number of hydrogen-bond donors (Lipinski definition) is 1. The van der Waals surface area contributed by atoms with Gasteiger partial charge in [0.2, 0.25) is 0 Å². The average Bonchev–Trinajstić information content (AvgIpc) is 2.47. The second-order valence-corrected chi connectivity index (χ2v) is 4.80. The van der Waals surface area contributed by atoms with Gasteiger partial charge in [0.25, 0.3) is 0 Å². The summed E-state index contributed by atoms with van der Waals surface area (Å²) in [7, 11) is 0. The molecule has 0 aromatic carbocycles. The number of rotatable bonds is 4. The van der Waals surface area contributed by atoms with E-state index in [9.17, 15) is 0 Å². The van der Waals surface area contributed by atoms with Gasteiger partial charge in [-0.15, -0.1) is 11.3 Å². The quantitative estimate of drug-likeness (QED) is 0.812. The first-order chi connectivity index (χ1) is 6.79. The summed E-state index contributed by atoms with van der Waals surface area (Å²) in [6.07, 6.45) is 0. The van der Waals surface area contributed by atoms with Crippen LogP contribution in [0.2, 0.25) is 0 Å². The van der Waals surface area contributed by atoms with Crippen molar-refractivity contribution in [2.75, 3.05) is 19.6 Å². The molecule has 0 atom stereocenters. The molecule has 14 heavy (non-hydrogen) atoms. The van der Waals surface area contributed by atoms with Crippen LogP contribution in [0.1, 0.15) is 17.6 Å². The zero-order chi connectivity index (χ0) is 9.97. The Labute approximate surface area is 89.1 Å². The Bertz CT molecular complexity index is 293. The van der Waals surface area contributed by atoms with E-state index in [1.165, 1.54) is 10.7 Å². The van der Waals surface area contributed by atoms with Crippen molar-refractivity contribution in [1.82, 2.24) is 15.2 Å². The van der Waals surface area contributed by atoms with Crippen molar-refractivity contribution < 1.29 is 0 Å². The first kappa shape index (κ1) is 10.1. The van der Waals surface area contributed by atoms with E-state index in [4.69, 9.17) is 0 Å². The molecule has 78 valence electrons.